The molecule has 3 heterocycles. The molecule has 1 N–H and O–H groups in total. The molecule has 330 valence electrons. The Morgan fingerprint density at radius 1 is 0.636 bits per heavy atom. The normalized spacial score (nSPS) is 17.8. The molecule has 8 nitrogen and oxygen atoms in total. The van der Waals surface area contributed by atoms with Crippen LogP contribution in [0.15, 0.2) is 115 Å². The smallest absolute Gasteiger partial charge is 0.416 e. The van der Waals surface area contributed by atoms with Crippen LogP contribution < -0.4 is 0 Å². The second-order valence-electron chi connectivity index (χ2n) is 15.5. The number of hydrogen-bond donors (Lipinski definition) is 1. The maximum Gasteiger partial charge on any atom is 0.416 e. The van der Waals surface area contributed by atoms with Gasteiger partial charge in [-0.15, -0.1) is 34.0 Å². The number of Topliss-reactive ketones (excluding diaryl/α,β-unsaturated/α-hetero) is 3. The van der Waals surface area contributed by atoms with E-state index in [0.29, 0.717) is 45.7 Å². The second kappa shape index (κ2) is 15.7. The van der Waals surface area contributed by atoms with Crippen molar-refractivity contribution < 1.29 is 64.9 Å². The predicted molar refractivity (Wildman–Crippen MR) is 235 cm³/mol. The van der Waals surface area contributed by atoms with E-state index in [4.69, 9.17) is 9.47 Å². The van der Waals surface area contributed by atoms with Crippen molar-refractivity contribution in [1.82, 2.24) is 0 Å². The van der Waals surface area contributed by atoms with Crippen LogP contribution in [0.4, 0.5) is 26.3 Å². The molecule has 0 amide bonds. The van der Waals surface area contributed by atoms with E-state index in [1.807, 2.05) is 0 Å². The molecule has 1 atom stereocenters. The molecule has 10 rings (SSSR count). The van der Waals surface area contributed by atoms with Crippen molar-refractivity contribution in [3.8, 4) is 0 Å². The summed E-state index contributed by atoms with van der Waals surface area (Å²) in [4.78, 5) is 71.2. The molecule has 17 heteroatoms. The van der Waals surface area contributed by atoms with E-state index in [0.717, 1.165) is 36.4 Å². The van der Waals surface area contributed by atoms with E-state index < -0.39 is 69.9 Å². The summed E-state index contributed by atoms with van der Waals surface area (Å²) < 4.78 is 96.0. The maximum absolute atomic E-state index is 15.1. The monoisotopic (exact) mass is 952 g/mol. The van der Waals surface area contributed by atoms with Gasteiger partial charge in [0.25, 0.3) is 0 Å². The Balaban J connectivity index is 1.13. The third-order valence-corrected chi connectivity index (χ3v) is 15.4. The predicted octanol–water partition coefficient (Wildman–Crippen LogP) is 11.3. The zero-order valence-corrected chi connectivity index (χ0v) is 35.8. The van der Waals surface area contributed by atoms with Crippen molar-refractivity contribution in [2.75, 3.05) is 0 Å². The van der Waals surface area contributed by atoms with Crippen LogP contribution in [-0.2, 0) is 59.6 Å². The summed E-state index contributed by atoms with van der Waals surface area (Å²) in [6.07, 6.45) is -7.18. The van der Waals surface area contributed by atoms with Crippen molar-refractivity contribution in [3.63, 3.8) is 0 Å². The first-order valence-electron chi connectivity index (χ1n) is 19.8. The summed E-state index contributed by atoms with van der Waals surface area (Å²) in [7, 11) is 0. The summed E-state index contributed by atoms with van der Waals surface area (Å²) in [5.41, 5.74) is -4.40. The average Bonchev–Trinajstić information content (AvgIpc) is 4.11. The molecule has 0 saturated heterocycles. The summed E-state index contributed by atoms with van der Waals surface area (Å²) in [5.74, 6) is -5.31. The third kappa shape index (κ3) is 6.96. The van der Waals surface area contributed by atoms with E-state index in [1.54, 1.807) is 66.7 Å². The minimum atomic E-state index is -4.82. The van der Waals surface area contributed by atoms with Gasteiger partial charge in [-0.1, -0.05) is 72.8 Å². The van der Waals surface area contributed by atoms with Crippen LogP contribution in [0, 0.1) is 0 Å². The van der Waals surface area contributed by atoms with Gasteiger partial charge >= 0.3 is 24.3 Å². The maximum atomic E-state index is 15.1. The minimum absolute atomic E-state index is 0.0168. The van der Waals surface area contributed by atoms with Crippen LogP contribution >= 0.6 is 34.0 Å². The Morgan fingerprint density at radius 3 is 1.83 bits per heavy atom. The highest BCUT2D eigenvalue weighted by Crippen LogP contribution is 2.57. The summed E-state index contributed by atoms with van der Waals surface area (Å²) >= 11 is 3.58. The largest absolute Gasteiger partial charge is 0.459 e. The number of fused-ring (bicyclic) bond motifs is 7. The molecule has 0 radical (unpaired) electrons. The fourth-order valence-electron chi connectivity index (χ4n) is 8.41. The highest BCUT2D eigenvalue weighted by Gasteiger charge is 2.59. The lowest BCUT2D eigenvalue weighted by Crippen LogP contribution is -2.46. The molecule has 0 fully saturated rings. The Bertz CT molecular complexity index is 3300. The molecular formula is C49H26F6O8S3. The number of thiophene rings is 3. The molecule has 0 aliphatic heterocycles. The van der Waals surface area contributed by atoms with E-state index in [2.05, 4.69) is 0 Å². The zero-order valence-electron chi connectivity index (χ0n) is 33.3. The number of carbonyl (C=O) groups excluding carboxylic acids is 5. The van der Waals surface area contributed by atoms with Gasteiger partial charge in [0.15, 0.2) is 5.78 Å². The molecule has 0 spiro atoms. The van der Waals surface area contributed by atoms with Crippen LogP contribution in [0.5, 0.6) is 0 Å². The van der Waals surface area contributed by atoms with E-state index in [9.17, 15) is 45.8 Å². The van der Waals surface area contributed by atoms with Gasteiger partial charge in [-0.25, -0.2) is 0 Å². The quantitative estimate of drug-likeness (QED) is 0.0525. The van der Waals surface area contributed by atoms with Gasteiger partial charge in [-0.05, 0) is 82.0 Å². The fourth-order valence-corrected chi connectivity index (χ4v) is 12.7. The van der Waals surface area contributed by atoms with Crippen LogP contribution in [0.3, 0.4) is 0 Å². The molecular weight excluding hydrogens is 927 g/mol. The molecule has 7 aromatic rings. The van der Waals surface area contributed by atoms with Gasteiger partial charge in [0.2, 0.25) is 17.0 Å². The molecule has 66 heavy (non-hydrogen) atoms. The van der Waals surface area contributed by atoms with Crippen molar-refractivity contribution in [3.05, 3.63) is 175 Å². The molecule has 4 aromatic carbocycles. The summed E-state index contributed by atoms with van der Waals surface area (Å²) in [5, 5.41) is 10.7. The number of halogens is 6. The third-order valence-electron chi connectivity index (χ3n) is 11.6. The minimum Gasteiger partial charge on any atom is -0.459 e. The molecule has 3 aromatic heterocycles. The highest BCUT2D eigenvalue weighted by molar-refractivity contribution is 7.39. The SMILES string of the molecule is O=C1C(=O)c2cc(C(F)(F)F)ccc2/C1=C/C1=Cc2sc3c(sc4cc(/C=C5\C(=O)C(O)c6cc(C(F)(F)F)ccc65)sc43)c2C1(C(=O)OCc1ccccc1)C(=O)OCc1ccccc1. The number of benzene rings is 4. The number of carbonyl (C=O) groups is 5. The first-order chi connectivity index (χ1) is 31.4. The average molecular weight is 953 g/mol. The van der Waals surface area contributed by atoms with Gasteiger partial charge in [-0.3, -0.25) is 24.0 Å². The first kappa shape index (κ1) is 43.1. The lowest BCUT2D eigenvalue weighted by Gasteiger charge is -2.28. The van der Waals surface area contributed by atoms with E-state index >= 15 is 9.59 Å². The summed E-state index contributed by atoms with van der Waals surface area (Å²) in [6.45, 7) is -0.599. The number of esters is 2. The van der Waals surface area contributed by atoms with E-state index in [1.165, 1.54) is 46.2 Å². The number of allylic oxidation sites excluding steroid dienone is 2. The topological polar surface area (TPSA) is 124 Å². The number of aliphatic hydroxyl groups excluding tert-OH is 1. The number of aliphatic hydroxyl groups is 1. The van der Waals surface area contributed by atoms with Crippen molar-refractivity contribution >= 4 is 105 Å². The Kier molecular flexibility index (Phi) is 10.2. The highest BCUT2D eigenvalue weighted by atomic mass is 32.1. The van der Waals surface area contributed by atoms with Crippen molar-refractivity contribution in [1.29, 1.82) is 0 Å². The van der Waals surface area contributed by atoms with Gasteiger partial charge in [-0.2, -0.15) is 26.3 Å². The van der Waals surface area contributed by atoms with Gasteiger partial charge in [0.05, 0.1) is 25.2 Å². The lowest BCUT2D eigenvalue weighted by atomic mass is 9.76. The molecule has 3 aliphatic carbocycles. The first-order valence-corrected chi connectivity index (χ1v) is 22.2. The van der Waals surface area contributed by atoms with Gasteiger partial charge in [0, 0.05) is 36.7 Å². The fraction of sp³-hybridized carbons (Fsp3) is 0.122. The Hall–Kier alpha value is -6.79. The van der Waals surface area contributed by atoms with Crippen LogP contribution in [0.1, 0.15) is 70.7 Å². The van der Waals surface area contributed by atoms with Crippen molar-refractivity contribution in [2.24, 2.45) is 0 Å². The van der Waals surface area contributed by atoms with Crippen LogP contribution in [-0.4, -0.2) is 34.4 Å². The molecule has 1 unspecified atom stereocenters. The zero-order chi connectivity index (χ0) is 46.4. The Labute approximate surface area is 380 Å². The van der Waals surface area contributed by atoms with Gasteiger partial charge < -0.3 is 14.6 Å². The van der Waals surface area contributed by atoms with Gasteiger partial charge in [0.1, 0.15) is 19.3 Å². The molecule has 0 bridgehead atoms. The lowest BCUT2D eigenvalue weighted by molar-refractivity contribution is -0.164. The number of alkyl halides is 6. The standard InChI is InChI=1S/C49H26F6O8S3/c50-48(51,52)25-11-13-29-31(15-25)38(56)40(58)33(29)17-27-18-35-37(47(27,45(60)62-21-23-7-3-1-4-8-23)46(61)63-22-24-9-5-2-6-10-24)43-44(65-35)42-36(66-43)20-28(64-42)19-34-30-14-12-26(49(53,54)55)16-32(30)39(57)41(34)59/h1-20,39,57H,21-22H2/b33-17-,34-19-. The number of rotatable bonds is 8. The van der Waals surface area contributed by atoms with Crippen LogP contribution in [0.2, 0.25) is 0 Å². The second-order valence-corrected chi connectivity index (χ2v) is 18.7. The summed E-state index contributed by atoms with van der Waals surface area (Å²) in [6, 6.07) is 24.0. The van der Waals surface area contributed by atoms with Crippen LogP contribution in [0.25, 0.3) is 42.1 Å². The molecule has 3 aliphatic rings. The number of ether oxygens (including phenoxy) is 2. The number of hydrogen-bond acceptors (Lipinski definition) is 11. The van der Waals surface area contributed by atoms with E-state index in [-0.39, 0.29) is 52.2 Å². The Morgan fingerprint density at radius 2 is 1.23 bits per heavy atom. The number of ketones is 3. The molecule has 0 saturated carbocycles. The van der Waals surface area contributed by atoms with Crippen molar-refractivity contribution in [2.45, 2.75) is 37.1 Å².